The van der Waals surface area contributed by atoms with Crippen LogP contribution in [0.25, 0.3) is 0 Å². The summed E-state index contributed by atoms with van der Waals surface area (Å²) in [6.45, 7) is 15.6. The van der Waals surface area contributed by atoms with Crippen molar-refractivity contribution in [1.29, 1.82) is 0 Å². The minimum atomic E-state index is 0.00516. The number of hydrogen-bond donors (Lipinski definition) is 0. The Morgan fingerprint density at radius 2 is 1.77 bits per heavy atom. The molecule has 1 unspecified atom stereocenters. The van der Waals surface area contributed by atoms with E-state index >= 15 is 0 Å². The van der Waals surface area contributed by atoms with Gasteiger partial charge in [0.15, 0.2) is 6.29 Å². The summed E-state index contributed by atoms with van der Waals surface area (Å²) in [5, 5.41) is 0. The third-order valence-electron chi connectivity index (χ3n) is 5.64. The zero-order valence-corrected chi connectivity index (χ0v) is 15.5. The first-order valence-corrected chi connectivity index (χ1v) is 9.21. The van der Waals surface area contributed by atoms with Crippen LogP contribution in [0.15, 0.2) is 11.6 Å². The van der Waals surface area contributed by atoms with Crippen LogP contribution in [0.1, 0.15) is 67.2 Å². The molecule has 22 heavy (non-hydrogen) atoms. The maximum absolute atomic E-state index is 5.90. The Bertz CT molecular complexity index is 373. The number of allylic oxidation sites excluding steroid dienone is 2. The van der Waals surface area contributed by atoms with E-state index < -0.39 is 0 Å². The zero-order valence-electron chi connectivity index (χ0n) is 15.5. The van der Waals surface area contributed by atoms with E-state index in [0.29, 0.717) is 17.3 Å². The Morgan fingerprint density at radius 3 is 2.23 bits per heavy atom. The molecule has 2 nitrogen and oxygen atoms in total. The molecule has 2 heteroatoms. The lowest BCUT2D eigenvalue weighted by Gasteiger charge is -2.41. The molecule has 0 bridgehead atoms. The Hall–Kier alpha value is -0.340. The van der Waals surface area contributed by atoms with Gasteiger partial charge < -0.3 is 9.47 Å². The summed E-state index contributed by atoms with van der Waals surface area (Å²) in [5.41, 5.74) is 2.04. The molecule has 0 saturated carbocycles. The lowest BCUT2D eigenvalue weighted by atomic mass is 9.67. The second-order valence-corrected chi connectivity index (χ2v) is 8.74. The van der Waals surface area contributed by atoms with Gasteiger partial charge in [-0.3, -0.25) is 0 Å². The minimum absolute atomic E-state index is 0.00516. The molecule has 1 atom stereocenters. The maximum Gasteiger partial charge on any atom is 0.159 e. The highest BCUT2D eigenvalue weighted by molar-refractivity contribution is 5.10. The van der Waals surface area contributed by atoms with Gasteiger partial charge in [0, 0.05) is 11.8 Å². The maximum atomic E-state index is 5.90. The van der Waals surface area contributed by atoms with Crippen LogP contribution in [0.4, 0.5) is 0 Å². The van der Waals surface area contributed by atoms with Crippen LogP contribution in [0.2, 0.25) is 0 Å². The SMILES string of the molecule is CC(C)C1=CCC(C(C)(C)CC2COC(C(C)C)OC2)CC1. The molecule has 1 fully saturated rings. The molecular weight excluding hydrogens is 272 g/mol. The third kappa shape index (κ3) is 4.58. The molecule has 0 N–H and O–H groups in total. The van der Waals surface area contributed by atoms with Crippen molar-refractivity contribution >= 4 is 0 Å². The summed E-state index contributed by atoms with van der Waals surface area (Å²) in [5.74, 6) is 2.53. The second kappa shape index (κ2) is 7.49. The Labute approximate surface area is 137 Å². The van der Waals surface area contributed by atoms with Crippen molar-refractivity contribution in [3.05, 3.63) is 11.6 Å². The van der Waals surface area contributed by atoms with Crippen LogP contribution in [0, 0.1) is 29.1 Å². The normalized spacial score (nSPS) is 30.7. The third-order valence-corrected chi connectivity index (χ3v) is 5.64. The van der Waals surface area contributed by atoms with Crippen LogP contribution < -0.4 is 0 Å². The molecule has 0 spiro atoms. The molecule has 1 saturated heterocycles. The van der Waals surface area contributed by atoms with E-state index in [1.54, 1.807) is 5.57 Å². The van der Waals surface area contributed by atoms with Gasteiger partial charge in [-0.15, -0.1) is 0 Å². The van der Waals surface area contributed by atoms with E-state index in [1.165, 1.54) is 25.7 Å². The average molecular weight is 309 g/mol. The van der Waals surface area contributed by atoms with Crippen LogP contribution in [-0.4, -0.2) is 19.5 Å². The molecule has 0 aromatic carbocycles. The van der Waals surface area contributed by atoms with E-state index in [9.17, 15) is 0 Å². The molecule has 2 rings (SSSR count). The number of hydrogen-bond acceptors (Lipinski definition) is 2. The number of rotatable bonds is 5. The van der Waals surface area contributed by atoms with Crippen molar-refractivity contribution < 1.29 is 9.47 Å². The highest BCUT2D eigenvalue weighted by atomic mass is 16.7. The Kier molecular flexibility index (Phi) is 6.13. The first kappa shape index (κ1) is 18.0. The molecule has 0 amide bonds. The van der Waals surface area contributed by atoms with Crippen molar-refractivity contribution in [2.45, 2.75) is 73.5 Å². The standard InChI is InChI=1S/C20H36O2/c1-14(2)17-7-9-18(10-8-17)20(5,6)11-16-12-21-19(15(3)4)22-13-16/h7,14-16,18-19H,8-13H2,1-6H3. The van der Waals surface area contributed by atoms with Crippen molar-refractivity contribution in [2.75, 3.05) is 13.2 Å². The first-order chi connectivity index (χ1) is 10.3. The molecule has 2 aliphatic rings. The highest BCUT2D eigenvalue weighted by Crippen LogP contribution is 2.43. The summed E-state index contributed by atoms with van der Waals surface area (Å²) in [4.78, 5) is 0. The summed E-state index contributed by atoms with van der Waals surface area (Å²) < 4.78 is 11.8. The average Bonchev–Trinajstić information content (AvgIpc) is 2.47. The van der Waals surface area contributed by atoms with Gasteiger partial charge in [0.1, 0.15) is 0 Å². The molecule has 128 valence electrons. The lowest BCUT2D eigenvalue weighted by Crippen LogP contribution is -2.38. The molecule has 1 aliphatic heterocycles. The predicted octanol–water partition coefficient (Wildman–Crippen LogP) is 5.43. The van der Waals surface area contributed by atoms with Gasteiger partial charge in [0.25, 0.3) is 0 Å². The van der Waals surface area contributed by atoms with Gasteiger partial charge in [0.2, 0.25) is 0 Å². The van der Waals surface area contributed by atoms with Gasteiger partial charge in [-0.1, -0.05) is 53.2 Å². The van der Waals surface area contributed by atoms with Crippen LogP contribution >= 0.6 is 0 Å². The molecule has 0 aromatic rings. The van der Waals surface area contributed by atoms with Gasteiger partial charge >= 0.3 is 0 Å². The monoisotopic (exact) mass is 308 g/mol. The molecule has 1 aliphatic carbocycles. The fraction of sp³-hybridized carbons (Fsp3) is 0.900. The van der Waals surface area contributed by atoms with Crippen LogP contribution in [-0.2, 0) is 9.47 Å². The summed E-state index contributed by atoms with van der Waals surface area (Å²) in [7, 11) is 0. The van der Waals surface area contributed by atoms with Gasteiger partial charge in [-0.05, 0) is 42.9 Å². The fourth-order valence-electron chi connectivity index (χ4n) is 4.06. The largest absolute Gasteiger partial charge is 0.352 e. The van der Waals surface area contributed by atoms with E-state index in [0.717, 1.165) is 25.0 Å². The van der Waals surface area contributed by atoms with Crippen LogP contribution in [0.5, 0.6) is 0 Å². The Morgan fingerprint density at radius 1 is 1.14 bits per heavy atom. The molecule has 0 aromatic heterocycles. The summed E-state index contributed by atoms with van der Waals surface area (Å²) >= 11 is 0. The molecule has 0 radical (unpaired) electrons. The predicted molar refractivity (Wildman–Crippen MR) is 92.7 cm³/mol. The van der Waals surface area contributed by atoms with E-state index in [4.69, 9.17) is 9.47 Å². The second-order valence-electron chi connectivity index (χ2n) is 8.74. The van der Waals surface area contributed by atoms with E-state index in [2.05, 4.69) is 47.6 Å². The van der Waals surface area contributed by atoms with E-state index in [-0.39, 0.29) is 6.29 Å². The topological polar surface area (TPSA) is 18.5 Å². The molecule has 1 heterocycles. The van der Waals surface area contributed by atoms with Gasteiger partial charge in [0.05, 0.1) is 13.2 Å². The molecular formula is C20H36O2. The van der Waals surface area contributed by atoms with Crippen LogP contribution in [0.3, 0.4) is 0 Å². The lowest BCUT2D eigenvalue weighted by molar-refractivity contribution is -0.223. The highest BCUT2D eigenvalue weighted by Gasteiger charge is 2.35. The van der Waals surface area contributed by atoms with E-state index in [1.807, 2.05) is 0 Å². The fourth-order valence-corrected chi connectivity index (χ4v) is 4.06. The summed E-state index contributed by atoms with van der Waals surface area (Å²) in [6, 6.07) is 0. The Balaban J connectivity index is 1.84. The van der Waals surface area contributed by atoms with Crippen molar-refractivity contribution in [3.63, 3.8) is 0 Å². The van der Waals surface area contributed by atoms with Gasteiger partial charge in [-0.2, -0.15) is 0 Å². The van der Waals surface area contributed by atoms with Crippen molar-refractivity contribution in [3.8, 4) is 0 Å². The first-order valence-electron chi connectivity index (χ1n) is 9.21. The number of ether oxygens (including phenoxy) is 2. The van der Waals surface area contributed by atoms with Crippen molar-refractivity contribution in [1.82, 2.24) is 0 Å². The quantitative estimate of drug-likeness (QED) is 0.630. The summed E-state index contributed by atoms with van der Waals surface area (Å²) in [6.07, 6.45) is 7.63. The minimum Gasteiger partial charge on any atom is -0.352 e. The smallest absolute Gasteiger partial charge is 0.159 e. The van der Waals surface area contributed by atoms with Crippen molar-refractivity contribution in [2.24, 2.45) is 29.1 Å². The zero-order chi connectivity index (χ0) is 16.3. The van der Waals surface area contributed by atoms with Gasteiger partial charge in [-0.25, -0.2) is 0 Å².